The Hall–Kier alpha value is -4.70. The Morgan fingerprint density at radius 1 is 0.935 bits per heavy atom. The highest BCUT2D eigenvalue weighted by molar-refractivity contribution is 6.05. The molecule has 0 unspecified atom stereocenters. The average Bonchev–Trinajstić information content (AvgIpc) is 3.18. The van der Waals surface area contributed by atoms with E-state index in [1.165, 1.54) is 24.3 Å². The lowest BCUT2D eigenvalue weighted by molar-refractivity contribution is -0.384. The van der Waals surface area contributed by atoms with E-state index in [-0.39, 0.29) is 22.7 Å². The number of nitro benzene ring substituents is 1. The van der Waals surface area contributed by atoms with Crippen LogP contribution in [-0.4, -0.2) is 10.8 Å². The van der Waals surface area contributed by atoms with Crippen LogP contribution in [0.4, 0.5) is 11.6 Å². The predicted molar refractivity (Wildman–Crippen MR) is 115 cm³/mol. The van der Waals surface area contributed by atoms with Crippen LogP contribution in [0.3, 0.4) is 0 Å². The molecule has 4 rings (SSSR count). The Kier molecular flexibility index (Phi) is 5.28. The molecule has 0 bridgehead atoms. The van der Waals surface area contributed by atoms with Crippen LogP contribution >= 0.6 is 0 Å². The SMILES string of the molecule is N#Cc1c(NC(=O)c2cccc([N+](=O)[O-])c2)oc(-c2ccccc2)c1-c1ccccc1. The van der Waals surface area contributed by atoms with Crippen molar-refractivity contribution in [1.82, 2.24) is 0 Å². The highest BCUT2D eigenvalue weighted by Crippen LogP contribution is 2.41. The van der Waals surface area contributed by atoms with Crippen LogP contribution in [0.15, 0.2) is 89.3 Å². The molecule has 1 heterocycles. The molecule has 0 saturated heterocycles. The van der Waals surface area contributed by atoms with E-state index >= 15 is 0 Å². The third-order valence-electron chi connectivity index (χ3n) is 4.66. The molecule has 0 aliphatic rings. The van der Waals surface area contributed by atoms with Crippen molar-refractivity contribution in [2.24, 2.45) is 0 Å². The molecule has 0 fully saturated rings. The molecule has 31 heavy (non-hydrogen) atoms. The summed E-state index contributed by atoms with van der Waals surface area (Å²) >= 11 is 0. The van der Waals surface area contributed by atoms with E-state index in [1.807, 2.05) is 60.7 Å². The van der Waals surface area contributed by atoms with Gasteiger partial charge in [-0.05, 0) is 11.6 Å². The number of rotatable bonds is 5. The fourth-order valence-corrected chi connectivity index (χ4v) is 3.23. The van der Waals surface area contributed by atoms with Gasteiger partial charge in [0.25, 0.3) is 11.6 Å². The molecule has 0 radical (unpaired) electrons. The first-order chi connectivity index (χ1) is 15.1. The van der Waals surface area contributed by atoms with Crippen LogP contribution in [0.25, 0.3) is 22.5 Å². The second-order valence-corrected chi connectivity index (χ2v) is 6.62. The van der Waals surface area contributed by atoms with Crippen molar-refractivity contribution in [3.8, 4) is 28.5 Å². The Bertz CT molecular complexity index is 1310. The zero-order valence-corrected chi connectivity index (χ0v) is 16.1. The zero-order valence-electron chi connectivity index (χ0n) is 16.1. The molecular formula is C24H15N3O4. The number of amides is 1. The minimum atomic E-state index is -0.617. The van der Waals surface area contributed by atoms with Gasteiger partial charge in [-0.25, -0.2) is 0 Å². The van der Waals surface area contributed by atoms with Crippen molar-refractivity contribution in [3.05, 3.63) is 106 Å². The third-order valence-corrected chi connectivity index (χ3v) is 4.66. The van der Waals surface area contributed by atoms with Gasteiger partial charge in [-0.3, -0.25) is 20.2 Å². The number of nitro groups is 1. The summed E-state index contributed by atoms with van der Waals surface area (Å²) in [6.07, 6.45) is 0. The van der Waals surface area contributed by atoms with Gasteiger partial charge in [-0.2, -0.15) is 5.26 Å². The van der Waals surface area contributed by atoms with Crippen LogP contribution < -0.4 is 5.32 Å². The Morgan fingerprint density at radius 3 is 2.19 bits per heavy atom. The van der Waals surface area contributed by atoms with Gasteiger partial charge in [0.05, 0.1) is 4.92 Å². The Balaban J connectivity index is 1.81. The number of anilines is 1. The first-order valence-corrected chi connectivity index (χ1v) is 9.32. The summed E-state index contributed by atoms with van der Waals surface area (Å²) in [5.74, 6) is -0.192. The molecule has 150 valence electrons. The molecule has 7 nitrogen and oxygen atoms in total. The molecule has 3 aromatic carbocycles. The number of hydrogen-bond donors (Lipinski definition) is 1. The van der Waals surface area contributed by atoms with E-state index in [4.69, 9.17) is 4.42 Å². The van der Waals surface area contributed by atoms with Gasteiger partial charge in [0.2, 0.25) is 5.88 Å². The van der Waals surface area contributed by atoms with Crippen LogP contribution in [0.5, 0.6) is 0 Å². The fourth-order valence-electron chi connectivity index (χ4n) is 3.23. The number of benzene rings is 3. The maximum absolute atomic E-state index is 12.7. The number of nitrogens with zero attached hydrogens (tertiary/aromatic N) is 2. The van der Waals surface area contributed by atoms with Crippen molar-refractivity contribution in [1.29, 1.82) is 5.26 Å². The molecule has 0 aliphatic heterocycles. The normalized spacial score (nSPS) is 10.3. The number of furan rings is 1. The van der Waals surface area contributed by atoms with Gasteiger partial charge in [-0.15, -0.1) is 0 Å². The van der Waals surface area contributed by atoms with Crippen molar-refractivity contribution < 1.29 is 14.1 Å². The van der Waals surface area contributed by atoms with Gasteiger partial charge >= 0.3 is 0 Å². The summed E-state index contributed by atoms with van der Waals surface area (Å²) in [7, 11) is 0. The van der Waals surface area contributed by atoms with Gasteiger partial charge in [0, 0.05) is 28.8 Å². The maximum Gasteiger partial charge on any atom is 0.270 e. The molecular weight excluding hydrogens is 394 g/mol. The van der Waals surface area contributed by atoms with Crippen molar-refractivity contribution in [2.45, 2.75) is 0 Å². The van der Waals surface area contributed by atoms with E-state index in [0.29, 0.717) is 11.3 Å². The van der Waals surface area contributed by atoms with Gasteiger partial charge in [-0.1, -0.05) is 66.7 Å². The van der Waals surface area contributed by atoms with E-state index in [0.717, 1.165) is 11.1 Å². The fraction of sp³-hybridized carbons (Fsp3) is 0. The Labute approximate surface area is 177 Å². The standard InChI is InChI=1S/C24H15N3O4/c25-15-20-21(16-8-3-1-4-9-16)22(17-10-5-2-6-11-17)31-24(20)26-23(28)18-12-7-13-19(14-18)27(29)30/h1-14H,(H,26,28). The summed E-state index contributed by atoms with van der Waals surface area (Å²) in [6, 6.07) is 26.0. The third kappa shape index (κ3) is 3.91. The molecule has 1 aromatic heterocycles. The van der Waals surface area contributed by atoms with Crippen molar-refractivity contribution in [3.63, 3.8) is 0 Å². The summed E-state index contributed by atoms with van der Waals surface area (Å²) in [5, 5.41) is 23.5. The largest absolute Gasteiger partial charge is 0.438 e. The number of nitrogens with one attached hydrogen (secondary N) is 1. The lowest BCUT2D eigenvalue weighted by atomic mass is 9.98. The van der Waals surface area contributed by atoms with Crippen molar-refractivity contribution >= 4 is 17.5 Å². The first-order valence-electron chi connectivity index (χ1n) is 9.32. The smallest absolute Gasteiger partial charge is 0.270 e. The molecule has 0 saturated carbocycles. The summed E-state index contributed by atoms with van der Waals surface area (Å²) in [4.78, 5) is 23.2. The second kappa shape index (κ2) is 8.35. The molecule has 1 N–H and O–H groups in total. The van der Waals surface area contributed by atoms with Crippen molar-refractivity contribution in [2.75, 3.05) is 5.32 Å². The van der Waals surface area contributed by atoms with Crippen LogP contribution in [0, 0.1) is 21.4 Å². The lowest BCUT2D eigenvalue weighted by Crippen LogP contribution is -2.12. The van der Waals surface area contributed by atoms with Crippen LogP contribution in [-0.2, 0) is 0 Å². The predicted octanol–water partition coefficient (Wildman–Crippen LogP) is 5.65. The minimum absolute atomic E-state index is 0.0169. The van der Waals surface area contributed by atoms with E-state index in [9.17, 15) is 20.2 Å². The second-order valence-electron chi connectivity index (χ2n) is 6.62. The quantitative estimate of drug-likeness (QED) is 0.338. The lowest BCUT2D eigenvalue weighted by Gasteiger charge is -2.03. The number of non-ortho nitro benzene ring substituents is 1. The number of carbonyl (C=O) groups is 1. The van der Waals surface area contributed by atoms with Gasteiger partial charge < -0.3 is 4.42 Å². The molecule has 7 heteroatoms. The molecule has 0 spiro atoms. The van der Waals surface area contributed by atoms with E-state index in [1.54, 1.807) is 0 Å². The zero-order chi connectivity index (χ0) is 21.8. The van der Waals surface area contributed by atoms with E-state index in [2.05, 4.69) is 11.4 Å². The topological polar surface area (TPSA) is 109 Å². The summed E-state index contributed by atoms with van der Waals surface area (Å²) in [5.41, 5.74) is 2.11. The maximum atomic E-state index is 12.7. The summed E-state index contributed by atoms with van der Waals surface area (Å²) < 4.78 is 5.96. The highest BCUT2D eigenvalue weighted by atomic mass is 16.6. The summed E-state index contributed by atoms with van der Waals surface area (Å²) in [6.45, 7) is 0. The van der Waals surface area contributed by atoms with E-state index < -0.39 is 10.8 Å². The molecule has 0 aliphatic carbocycles. The van der Waals surface area contributed by atoms with Crippen LogP contribution in [0.1, 0.15) is 15.9 Å². The van der Waals surface area contributed by atoms with Gasteiger partial charge in [0.15, 0.2) is 0 Å². The number of hydrogen-bond acceptors (Lipinski definition) is 5. The minimum Gasteiger partial charge on any atom is -0.438 e. The highest BCUT2D eigenvalue weighted by Gasteiger charge is 2.24. The monoisotopic (exact) mass is 409 g/mol. The molecule has 1 amide bonds. The molecule has 0 atom stereocenters. The molecule has 4 aromatic rings. The number of carbonyl (C=O) groups excluding carboxylic acids is 1. The van der Waals surface area contributed by atoms with Crippen LogP contribution in [0.2, 0.25) is 0 Å². The Morgan fingerprint density at radius 2 is 1.58 bits per heavy atom. The average molecular weight is 409 g/mol. The number of nitriles is 1. The first kappa shape index (κ1) is 19.6. The van der Waals surface area contributed by atoms with Gasteiger partial charge in [0.1, 0.15) is 17.4 Å².